The third kappa shape index (κ3) is 27.9. The maximum Gasteiger partial charge on any atom is 1.00 e. The van der Waals surface area contributed by atoms with Crippen LogP contribution in [-0.2, 0) is 29.2 Å². The summed E-state index contributed by atoms with van der Waals surface area (Å²) < 4.78 is 72.3. The van der Waals surface area contributed by atoms with Gasteiger partial charge in [0.25, 0.3) is 0 Å². The van der Waals surface area contributed by atoms with Crippen LogP contribution in [0.2, 0.25) is 0 Å². The Morgan fingerprint density at radius 2 is 1.00 bits per heavy atom. The molecule has 31 heavy (non-hydrogen) atoms. The summed E-state index contributed by atoms with van der Waals surface area (Å²) in [5, 5.41) is 0. The van der Waals surface area contributed by atoms with Gasteiger partial charge in [-0.1, -0.05) is 66.2 Å². The second-order valence-electron chi connectivity index (χ2n) is 8.65. The van der Waals surface area contributed by atoms with E-state index in [2.05, 4.69) is 29.1 Å². The summed E-state index contributed by atoms with van der Waals surface area (Å²) in [5.41, 5.74) is 0. The van der Waals surface area contributed by atoms with Gasteiger partial charge in [0.15, 0.2) is 0 Å². The molecule has 0 spiro atoms. The molecule has 0 fully saturated rings. The van der Waals surface area contributed by atoms with Crippen molar-refractivity contribution in [2.24, 2.45) is 23.7 Å². The van der Waals surface area contributed by atoms with Gasteiger partial charge < -0.3 is 9.11 Å². The molecule has 0 aliphatic carbocycles. The molecule has 0 aliphatic heterocycles. The van der Waals surface area contributed by atoms with Gasteiger partial charge in [-0.15, -0.1) is 0 Å². The molecular weight excluding hydrogens is 466 g/mol. The Balaban J connectivity index is -0.00000392. The van der Waals surface area contributed by atoms with Gasteiger partial charge in [0.05, 0.1) is 13.2 Å². The molecule has 3 atom stereocenters. The molecule has 0 saturated carbocycles. The molecule has 176 valence electrons. The minimum Gasteiger partial charge on any atom is -0.726 e. The first-order valence-electron chi connectivity index (χ1n) is 10.5. The first kappa shape index (κ1) is 37.3. The summed E-state index contributed by atoms with van der Waals surface area (Å²) in [5.74, 6) is 1.13. The molecule has 0 rings (SSSR count). The second-order valence-corrected chi connectivity index (χ2v) is 10.8. The van der Waals surface area contributed by atoms with E-state index in [1.165, 1.54) is 0 Å². The Labute approximate surface area is 234 Å². The molecule has 0 amide bonds. The molecule has 0 aromatic heterocycles. The van der Waals surface area contributed by atoms with E-state index in [4.69, 9.17) is 0 Å². The van der Waals surface area contributed by atoms with Crippen LogP contribution in [0.3, 0.4) is 0 Å². The SMILES string of the molecule is CC(C)CCCC(CCCC(C)CCC[C@H](C)COS(=O)(=O)[O-])COS(=O)(=O)[O-].[Na+].[Na+]. The van der Waals surface area contributed by atoms with E-state index in [1.54, 1.807) is 0 Å². The van der Waals surface area contributed by atoms with Crippen molar-refractivity contribution in [1.29, 1.82) is 0 Å². The van der Waals surface area contributed by atoms with Crippen LogP contribution in [0.5, 0.6) is 0 Å². The van der Waals surface area contributed by atoms with E-state index in [-0.39, 0.29) is 84.2 Å². The monoisotopic (exact) mass is 504 g/mol. The fraction of sp³-hybridized carbons (Fsp3) is 1.00. The molecule has 12 heteroatoms. The first-order valence-corrected chi connectivity index (χ1v) is 13.2. The number of hydrogen-bond acceptors (Lipinski definition) is 8. The van der Waals surface area contributed by atoms with E-state index in [0.29, 0.717) is 11.8 Å². The molecular formula is C19H38Na2O8S2. The number of hydrogen-bond donors (Lipinski definition) is 0. The van der Waals surface area contributed by atoms with Crippen LogP contribution in [0.1, 0.15) is 85.5 Å². The van der Waals surface area contributed by atoms with Crippen LogP contribution in [0.4, 0.5) is 0 Å². The predicted octanol–water partition coefficient (Wildman–Crippen LogP) is -2.00. The predicted molar refractivity (Wildman–Crippen MR) is 110 cm³/mol. The van der Waals surface area contributed by atoms with Crippen molar-refractivity contribution in [3.05, 3.63) is 0 Å². The van der Waals surface area contributed by atoms with Crippen LogP contribution < -0.4 is 59.1 Å². The smallest absolute Gasteiger partial charge is 0.726 e. The van der Waals surface area contributed by atoms with E-state index in [0.717, 1.165) is 57.8 Å². The van der Waals surface area contributed by atoms with Crippen molar-refractivity contribution in [1.82, 2.24) is 0 Å². The van der Waals surface area contributed by atoms with Crippen molar-refractivity contribution >= 4 is 20.8 Å². The molecule has 0 radical (unpaired) electrons. The molecule has 0 saturated heterocycles. The zero-order valence-corrected chi connectivity index (χ0v) is 25.8. The zero-order chi connectivity index (χ0) is 22.5. The minimum atomic E-state index is -4.65. The Bertz CT molecular complexity index is 627. The molecule has 0 aromatic rings. The average Bonchev–Trinajstić information content (AvgIpc) is 2.55. The van der Waals surface area contributed by atoms with Gasteiger partial charge in [-0.05, 0) is 42.9 Å². The number of rotatable bonds is 18. The fourth-order valence-corrected chi connectivity index (χ4v) is 4.06. The molecule has 0 aliphatic rings. The van der Waals surface area contributed by atoms with Crippen LogP contribution in [0.15, 0.2) is 0 Å². The Hall–Kier alpha value is 1.74. The van der Waals surface area contributed by atoms with Crippen molar-refractivity contribution in [2.75, 3.05) is 13.2 Å². The van der Waals surface area contributed by atoms with Gasteiger partial charge >= 0.3 is 59.1 Å². The van der Waals surface area contributed by atoms with Gasteiger partial charge in [-0.2, -0.15) is 0 Å². The summed E-state index contributed by atoms with van der Waals surface area (Å²) in [7, 11) is -9.28. The van der Waals surface area contributed by atoms with E-state index < -0.39 is 20.8 Å². The molecule has 0 N–H and O–H groups in total. The summed E-state index contributed by atoms with van der Waals surface area (Å²) in [6.45, 7) is 8.15. The maximum atomic E-state index is 10.7. The van der Waals surface area contributed by atoms with Gasteiger partial charge in [0.2, 0.25) is 20.8 Å². The largest absolute Gasteiger partial charge is 1.00 e. The first-order chi connectivity index (χ1) is 13.3. The quantitative estimate of drug-likeness (QED) is 0.119. The van der Waals surface area contributed by atoms with Gasteiger partial charge in [0, 0.05) is 0 Å². The van der Waals surface area contributed by atoms with Crippen LogP contribution in [-0.4, -0.2) is 39.2 Å². The molecule has 8 nitrogen and oxygen atoms in total. The van der Waals surface area contributed by atoms with Crippen LogP contribution >= 0.6 is 0 Å². The van der Waals surface area contributed by atoms with E-state index in [9.17, 15) is 25.9 Å². The van der Waals surface area contributed by atoms with Crippen LogP contribution in [0, 0.1) is 23.7 Å². The maximum absolute atomic E-state index is 10.7. The Morgan fingerprint density at radius 3 is 1.45 bits per heavy atom. The van der Waals surface area contributed by atoms with E-state index >= 15 is 0 Å². The molecule has 0 bridgehead atoms. The second kappa shape index (κ2) is 20.0. The topological polar surface area (TPSA) is 133 Å². The summed E-state index contributed by atoms with van der Waals surface area (Å²) in [6, 6.07) is 0. The van der Waals surface area contributed by atoms with Crippen molar-refractivity contribution in [3.63, 3.8) is 0 Å². The van der Waals surface area contributed by atoms with Gasteiger partial charge in [0.1, 0.15) is 0 Å². The third-order valence-electron chi connectivity index (χ3n) is 5.04. The van der Waals surface area contributed by atoms with E-state index in [1.807, 2.05) is 6.92 Å². The average molecular weight is 505 g/mol. The third-order valence-corrected chi connectivity index (χ3v) is 5.89. The van der Waals surface area contributed by atoms with Crippen molar-refractivity contribution in [3.8, 4) is 0 Å². The molecule has 2 unspecified atom stereocenters. The molecule has 0 aromatic carbocycles. The summed E-state index contributed by atoms with van der Waals surface area (Å²) in [6.07, 6.45) is 8.33. The molecule has 0 heterocycles. The standard InChI is InChI=1S/C19H40O8S2.2Na/c1-16(2)8-5-12-19(15-27-29(23,24)25)13-7-10-17(3)9-6-11-18(4)14-26-28(20,21)22;;/h16-19H,5-15H2,1-4H3,(H,20,21,22)(H,23,24,25);;/q;2*+1/p-2/t17?,18-,19?;;/m0../s1. The Morgan fingerprint density at radius 1 is 0.613 bits per heavy atom. The summed E-state index contributed by atoms with van der Waals surface area (Å²) >= 11 is 0. The summed E-state index contributed by atoms with van der Waals surface area (Å²) in [4.78, 5) is 0. The van der Waals surface area contributed by atoms with Crippen molar-refractivity contribution < 1.29 is 93.4 Å². The fourth-order valence-electron chi connectivity index (χ4n) is 3.30. The van der Waals surface area contributed by atoms with Gasteiger partial charge in [-0.3, -0.25) is 8.37 Å². The minimum absolute atomic E-state index is 0. The Kier molecular flexibility index (Phi) is 24.0. The normalized spacial score (nSPS) is 15.1. The van der Waals surface area contributed by atoms with Crippen LogP contribution in [0.25, 0.3) is 0 Å². The zero-order valence-electron chi connectivity index (χ0n) is 20.2. The van der Waals surface area contributed by atoms with Crippen molar-refractivity contribution in [2.45, 2.75) is 85.5 Å². The van der Waals surface area contributed by atoms with Gasteiger partial charge in [-0.25, -0.2) is 16.8 Å².